The Balaban J connectivity index is 1.43. The first-order valence-corrected chi connectivity index (χ1v) is 9.72. The fourth-order valence-corrected chi connectivity index (χ4v) is 3.11. The Hall–Kier alpha value is -3.94. The summed E-state index contributed by atoms with van der Waals surface area (Å²) < 4.78 is 25.9. The van der Waals surface area contributed by atoms with Crippen LogP contribution in [-0.2, 0) is 13.2 Å². The zero-order chi connectivity index (χ0) is 21.8. The molecule has 7 nitrogen and oxygen atoms in total. The second-order valence-electron chi connectivity index (χ2n) is 7.09. The van der Waals surface area contributed by atoms with Gasteiger partial charge in [-0.25, -0.2) is 4.39 Å². The second-order valence-corrected chi connectivity index (χ2v) is 7.09. The zero-order valence-corrected chi connectivity index (χ0v) is 17.1. The Morgan fingerprint density at radius 1 is 1.16 bits per heavy atom. The third-order valence-corrected chi connectivity index (χ3v) is 4.85. The van der Waals surface area contributed by atoms with E-state index < -0.39 is 11.7 Å². The van der Waals surface area contributed by atoms with E-state index in [4.69, 9.17) is 9.26 Å². The van der Waals surface area contributed by atoms with Gasteiger partial charge in [-0.15, -0.1) is 0 Å². The number of aryl methyl sites for hydroxylation is 2. The van der Waals surface area contributed by atoms with E-state index in [1.807, 2.05) is 31.2 Å². The molecule has 0 aliphatic carbocycles. The Morgan fingerprint density at radius 3 is 2.81 bits per heavy atom. The Kier molecular flexibility index (Phi) is 5.79. The minimum Gasteiger partial charge on any atom is -0.489 e. The third kappa shape index (κ3) is 4.80. The van der Waals surface area contributed by atoms with Crippen LogP contribution in [0.4, 0.5) is 10.2 Å². The van der Waals surface area contributed by atoms with Crippen molar-refractivity contribution in [1.29, 1.82) is 0 Å². The van der Waals surface area contributed by atoms with Crippen LogP contribution < -0.4 is 10.1 Å². The van der Waals surface area contributed by atoms with Gasteiger partial charge in [0.05, 0.1) is 12.1 Å². The summed E-state index contributed by atoms with van der Waals surface area (Å²) >= 11 is 0. The molecule has 0 bridgehead atoms. The number of halogens is 1. The SMILES string of the molecule is Cc1ccccc1Cn1ccc(NC(=O)c2noc(C)c2COc2cccc(F)c2)n1. The van der Waals surface area contributed by atoms with Crippen molar-refractivity contribution in [2.75, 3.05) is 5.32 Å². The number of anilines is 1. The van der Waals surface area contributed by atoms with Crippen molar-refractivity contribution < 1.29 is 18.4 Å². The maximum atomic E-state index is 13.3. The fourth-order valence-electron chi connectivity index (χ4n) is 3.11. The molecular weight excluding hydrogens is 399 g/mol. The van der Waals surface area contributed by atoms with Crippen molar-refractivity contribution in [3.63, 3.8) is 0 Å². The maximum absolute atomic E-state index is 13.3. The van der Waals surface area contributed by atoms with Gasteiger partial charge in [0.2, 0.25) is 0 Å². The molecule has 2 aromatic carbocycles. The highest BCUT2D eigenvalue weighted by Crippen LogP contribution is 2.20. The van der Waals surface area contributed by atoms with Crippen LogP contribution in [0.1, 0.15) is 32.9 Å². The first kappa shape index (κ1) is 20.3. The molecular formula is C23H21FN4O3. The number of nitrogens with one attached hydrogen (secondary N) is 1. The van der Waals surface area contributed by atoms with Gasteiger partial charge < -0.3 is 14.6 Å². The molecule has 0 aliphatic rings. The standard InChI is InChI=1S/C23H21FN4O3/c1-15-6-3-4-7-17(15)13-28-11-10-21(26-28)25-23(29)22-20(16(2)31-27-22)14-30-19-9-5-8-18(24)12-19/h3-12H,13-14H2,1-2H3,(H,25,26,29). The lowest BCUT2D eigenvalue weighted by Gasteiger charge is -2.07. The Morgan fingerprint density at radius 2 is 2.00 bits per heavy atom. The van der Waals surface area contributed by atoms with Crippen molar-refractivity contribution in [3.05, 3.63) is 94.8 Å². The molecule has 0 aliphatic heterocycles. The molecule has 2 heterocycles. The predicted octanol–water partition coefficient (Wildman–Crippen LogP) is 4.51. The molecule has 0 radical (unpaired) electrons. The van der Waals surface area contributed by atoms with Gasteiger partial charge in [0.1, 0.15) is 23.9 Å². The highest BCUT2D eigenvalue weighted by molar-refractivity contribution is 6.03. The normalized spacial score (nSPS) is 10.8. The van der Waals surface area contributed by atoms with Crippen LogP contribution in [0.3, 0.4) is 0 Å². The maximum Gasteiger partial charge on any atom is 0.279 e. The molecule has 1 N–H and O–H groups in total. The van der Waals surface area contributed by atoms with E-state index in [1.54, 1.807) is 36.0 Å². The highest BCUT2D eigenvalue weighted by atomic mass is 19.1. The van der Waals surface area contributed by atoms with E-state index in [9.17, 15) is 9.18 Å². The first-order valence-electron chi connectivity index (χ1n) is 9.72. The number of benzene rings is 2. The van der Waals surface area contributed by atoms with Gasteiger partial charge >= 0.3 is 0 Å². The van der Waals surface area contributed by atoms with E-state index in [0.717, 1.165) is 5.56 Å². The second kappa shape index (κ2) is 8.83. The molecule has 8 heteroatoms. The van der Waals surface area contributed by atoms with Crippen molar-refractivity contribution in [1.82, 2.24) is 14.9 Å². The number of aromatic nitrogens is 3. The lowest BCUT2D eigenvalue weighted by atomic mass is 10.1. The van der Waals surface area contributed by atoms with E-state index in [1.165, 1.54) is 17.7 Å². The fraction of sp³-hybridized carbons (Fsp3) is 0.174. The molecule has 4 aromatic rings. The van der Waals surface area contributed by atoms with Crippen LogP contribution in [0, 0.1) is 19.7 Å². The molecule has 4 rings (SSSR count). The van der Waals surface area contributed by atoms with Crippen LogP contribution in [0.15, 0.2) is 65.3 Å². The van der Waals surface area contributed by atoms with Crippen molar-refractivity contribution in [2.24, 2.45) is 0 Å². The number of carbonyl (C=O) groups is 1. The van der Waals surface area contributed by atoms with E-state index in [0.29, 0.717) is 29.4 Å². The summed E-state index contributed by atoms with van der Waals surface area (Å²) in [5.41, 5.74) is 2.90. The largest absolute Gasteiger partial charge is 0.489 e. The summed E-state index contributed by atoms with van der Waals surface area (Å²) in [5, 5.41) is 11.0. The van der Waals surface area contributed by atoms with E-state index in [2.05, 4.69) is 15.6 Å². The molecule has 0 spiro atoms. The highest BCUT2D eigenvalue weighted by Gasteiger charge is 2.21. The first-order chi connectivity index (χ1) is 15.0. The third-order valence-electron chi connectivity index (χ3n) is 4.85. The molecule has 0 atom stereocenters. The van der Waals surface area contributed by atoms with Crippen LogP contribution in [0.5, 0.6) is 5.75 Å². The summed E-state index contributed by atoms with van der Waals surface area (Å²) in [6, 6.07) is 15.5. The minimum atomic E-state index is -0.462. The minimum absolute atomic E-state index is 0.0171. The lowest BCUT2D eigenvalue weighted by molar-refractivity contribution is 0.101. The number of rotatable bonds is 7. The van der Waals surface area contributed by atoms with Gasteiger partial charge in [0.25, 0.3) is 5.91 Å². The van der Waals surface area contributed by atoms with Gasteiger partial charge in [-0.05, 0) is 37.1 Å². The van der Waals surface area contributed by atoms with Gasteiger partial charge in [-0.2, -0.15) is 5.10 Å². The molecule has 31 heavy (non-hydrogen) atoms. The molecule has 1 amide bonds. The Labute approximate surface area is 178 Å². The average molecular weight is 420 g/mol. The Bertz CT molecular complexity index is 1220. The number of nitrogens with zero attached hydrogens (tertiary/aromatic N) is 3. The summed E-state index contributed by atoms with van der Waals surface area (Å²) in [6.07, 6.45) is 1.80. The molecule has 0 unspecified atom stereocenters. The number of ether oxygens (including phenoxy) is 1. The quantitative estimate of drug-likeness (QED) is 0.476. The number of amides is 1. The summed E-state index contributed by atoms with van der Waals surface area (Å²) in [5.74, 6) is 0.333. The van der Waals surface area contributed by atoms with Crippen molar-refractivity contribution in [3.8, 4) is 5.75 Å². The number of hydrogen-bond acceptors (Lipinski definition) is 5. The van der Waals surface area contributed by atoms with E-state index >= 15 is 0 Å². The molecule has 0 fully saturated rings. The van der Waals surface area contributed by atoms with Gasteiger partial charge in [0.15, 0.2) is 11.5 Å². The molecule has 158 valence electrons. The molecule has 0 saturated carbocycles. The summed E-state index contributed by atoms with van der Waals surface area (Å²) in [6.45, 7) is 4.34. The smallest absolute Gasteiger partial charge is 0.279 e. The van der Waals surface area contributed by atoms with Gasteiger partial charge in [-0.3, -0.25) is 9.48 Å². The monoisotopic (exact) mass is 420 g/mol. The van der Waals surface area contributed by atoms with Crippen LogP contribution in [-0.4, -0.2) is 20.8 Å². The summed E-state index contributed by atoms with van der Waals surface area (Å²) in [7, 11) is 0. The topological polar surface area (TPSA) is 82.2 Å². The van der Waals surface area contributed by atoms with Crippen LogP contribution in [0.25, 0.3) is 0 Å². The summed E-state index contributed by atoms with van der Waals surface area (Å²) in [4.78, 5) is 12.7. The van der Waals surface area contributed by atoms with Crippen molar-refractivity contribution >= 4 is 11.7 Å². The van der Waals surface area contributed by atoms with E-state index in [-0.39, 0.29) is 12.3 Å². The predicted molar refractivity (Wildman–Crippen MR) is 112 cm³/mol. The van der Waals surface area contributed by atoms with Gasteiger partial charge in [-0.1, -0.05) is 35.5 Å². The van der Waals surface area contributed by atoms with Crippen LogP contribution in [0.2, 0.25) is 0 Å². The lowest BCUT2D eigenvalue weighted by Crippen LogP contribution is -2.16. The molecule has 2 aromatic heterocycles. The van der Waals surface area contributed by atoms with Crippen LogP contribution >= 0.6 is 0 Å². The number of carbonyl (C=O) groups excluding carboxylic acids is 1. The molecule has 0 saturated heterocycles. The average Bonchev–Trinajstić information content (AvgIpc) is 3.34. The van der Waals surface area contributed by atoms with Gasteiger partial charge in [0, 0.05) is 18.3 Å². The van der Waals surface area contributed by atoms with Crippen molar-refractivity contribution in [2.45, 2.75) is 27.0 Å². The zero-order valence-electron chi connectivity index (χ0n) is 17.1. The number of hydrogen-bond donors (Lipinski definition) is 1.